The van der Waals surface area contributed by atoms with Crippen molar-refractivity contribution in [3.05, 3.63) is 35.9 Å². The number of fused-ring (bicyclic) bond motifs is 6. The highest BCUT2D eigenvalue weighted by Crippen LogP contribution is 2.44. The van der Waals surface area contributed by atoms with E-state index in [2.05, 4.69) is 75.4 Å². The Kier molecular flexibility index (Phi) is 7.36. The minimum Gasteiger partial charge on any atom is -0.483 e. The van der Waals surface area contributed by atoms with E-state index in [1.807, 2.05) is 33.8 Å². The van der Waals surface area contributed by atoms with Gasteiger partial charge in [0.05, 0.1) is 36.9 Å². The molecule has 4 atom stereocenters. The molecule has 2 aliphatic heterocycles. The molecular weight excluding hydrogens is 552 g/mol. The van der Waals surface area contributed by atoms with Crippen LogP contribution in [-0.4, -0.2) is 65.6 Å². The molecule has 6 heterocycles. The summed E-state index contributed by atoms with van der Waals surface area (Å²) in [6, 6.07) is 1.79. The fourth-order valence-corrected chi connectivity index (χ4v) is 7.49. The van der Waals surface area contributed by atoms with Crippen molar-refractivity contribution in [1.29, 1.82) is 0 Å². The number of ether oxygens (including phenoxy) is 2. The molecule has 0 radical (unpaired) electrons. The Morgan fingerprint density at radius 3 is 1.50 bits per heavy atom. The van der Waals surface area contributed by atoms with E-state index in [-0.39, 0.29) is 6.10 Å². The van der Waals surface area contributed by atoms with Crippen molar-refractivity contribution in [1.82, 2.24) is 29.2 Å². The Bertz CT molecular complexity index is 1660. The molecule has 4 aliphatic rings. The molecule has 0 spiro atoms. The van der Waals surface area contributed by atoms with Crippen molar-refractivity contribution in [2.24, 2.45) is 0 Å². The zero-order valence-corrected chi connectivity index (χ0v) is 27.6. The van der Waals surface area contributed by atoms with Crippen molar-refractivity contribution in [3.8, 4) is 11.5 Å². The van der Waals surface area contributed by atoms with Crippen LogP contribution in [0.2, 0.25) is 0 Å². The van der Waals surface area contributed by atoms with Crippen LogP contribution in [0.1, 0.15) is 117 Å². The van der Waals surface area contributed by atoms with Gasteiger partial charge in [-0.3, -0.25) is 0 Å². The van der Waals surface area contributed by atoms with Crippen LogP contribution >= 0.6 is 0 Å². The zero-order chi connectivity index (χ0) is 30.9. The van der Waals surface area contributed by atoms with Crippen LogP contribution in [0.4, 0.5) is 11.6 Å². The van der Waals surface area contributed by atoms with Gasteiger partial charge in [0, 0.05) is 23.2 Å². The first kappa shape index (κ1) is 29.2. The molecule has 4 aromatic rings. The summed E-state index contributed by atoms with van der Waals surface area (Å²) in [5.74, 6) is 4.57. The maximum Gasteiger partial charge on any atom is 0.180 e. The molecule has 0 N–H and O–H groups in total. The lowest BCUT2D eigenvalue weighted by atomic mass is 9.85. The van der Waals surface area contributed by atoms with Gasteiger partial charge < -0.3 is 19.3 Å². The molecule has 8 rings (SSSR count). The highest BCUT2D eigenvalue weighted by molar-refractivity contribution is 5.64. The second-order valence-corrected chi connectivity index (χ2v) is 14.2. The summed E-state index contributed by atoms with van der Waals surface area (Å²) in [5.41, 5.74) is 4.30. The summed E-state index contributed by atoms with van der Waals surface area (Å²) in [6.07, 6.45) is 15.7. The average molecular weight is 601 g/mol. The van der Waals surface area contributed by atoms with Crippen LogP contribution in [-0.2, 0) is 0 Å². The Hall–Kier alpha value is -3.56. The van der Waals surface area contributed by atoms with Gasteiger partial charge in [-0.25, -0.2) is 19.0 Å². The van der Waals surface area contributed by atoms with Gasteiger partial charge in [0.2, 0.25) is 0 Å². The predicted octanol–water partition coefficient (Wildman–Crippen LogP) is 6.76. The first-order valence-electron chi connectivity index (χ1n) is 16.8. The second-order valence-electron chi connectivity index (χ2n) is 14.2. The predicted molar refractivity (Wildman–Crippen MR) is 173 cm³/mol. The monoisotopic (exact) mass is 600 g/mol. The van der Waals surface area contributed by atoms with Gasteiger partial charge >= 0.3 is 0 Å². The SMILES string of the molecule is CC(C)c1cnn2cc3c(nc12)N(C(C)C)C1CCC1O3.CC(C)c1cnn2cc3c(nc12)N(C(C)C)C1CCCCC1O3. The molecule has 2 aliphatic carbocycles. The smallest absolute Gasteiger partial charge is 0.180 e. The fraction of sp³-hybridized carbons (Fsp3) is 0.647. The van der Waals surface area contributed by atoms with E-state index >= 15 is 0 Å². The van der Waals surface area contributed by atoms with Crippen LogP contribution in [0.15, 0.2) is 24.8 Å². The Morgan fingerprint density at radius 1 is 0.614 bits per heavy atom. The van der Waals surface area contributed by atoms with E-state index in [0.717, 1.165) is 47.3 Å². The number of aromatic nitrogens is 6. The summed E-state index contributed by atoms with van der Waals surface area (Å²) in [5, 5.41) is 8.91. The molecule has 10 nitrogen and oxygen atoms in total. The first-order chi connectivity index (χ1) is 21.1. The molecule has 44 heavy (non-hydrogen) atoms. The molecule has 2 saturated carbocycles. The summed E-state index contributed by atoms with van der Waals surface area (Å²) in [4.78, 5) is 14.8. The number of rotatable bonds is 4. The van der Waals surface area contributed by atoms with E-state index in [1.54, 1.807) is 0 Å². The molecule has 236 valence electrons. The quantitative estimate of drug-likeness (QED) is 0.254. The standard InChI is InChI=1S/C18H26N4O.C16H22N4O/c1-11(2)13-9-19-21-10-16-18(20-17(13)21)22(12(3)4)14-7-5-6-8-15(14)23-16;1-9(2)11-7-17-19-8-14-16(18-15(11)19)20(10(3)4)12-5-6-13(12)21-14/h9-12,14-15H,5-8H2,1-4H3;7-10,12-13H,5-6H2,1-4H3. The van der Waals surface area contributed by atoms with Gasteiger partial charge in [0.15, 0.2) is 34.4 Å². The second kappa shape index (κ2) is 11.1. The van der Waals surface area contributed by atoms with Crippen LogP contribution < -0.4 is 19.3 Å². The fourth-order valence-electron chi connectivity index (χ4n) is 7.49. The van der Waals surface area contributed by atoms with E-state index in [0.29, 0.717) is 42.1 Å². The van der Waals surface area contributed by atoms with E-state index in [4.69, 9.17) is 19.4 Å². The van der Waals surface area contributed by atoms with Gasteiger partial charge in [-0.15, -0.1) is 0 Å². The topological polar surface area (TPSA) is 85.3 Å². The maximum absolute atomic E-state index is 6.33. The molecule has 0 amide bonds. The molecule has 0 aromatic carbocycles. The molecule has 2 fully saturated rings. The lowest BCUT2D eigenvalue weighted by molar-refractivity contribution is 0.0689. The third kappa shape index (κ3) is 4.76. The lowest BCUT2D eigenvalue weighted by Gasteiger charge is -2.50. The lowest BCUT2D eigenvalue weighted by Crippen LogP contribution is -2.58. The van der Waals surface area contributed by atoms with Gasteiger partial charge in [0.25, 0.3) is 0 Å². The number of hydrogen-bond donors (Lipinski definition) is 0. The molecule has 10 heteroatoms. The van der Waals surface area contributed by atoms with Crippen molar-refractivity contribution < 1.29 is 9.47 Å². The summed E-state index contributed by atoms with van der Waals surface area (Å²) in [7, 11) is 0. The normalized spacial score (nSPS) is 24.0. The van der Waals surface area contributed by atoms with Crippen molar-refractivity contribution >= 4 is 22.9 Å². The van der Waals surface area contributed by atoms with E-state index < -0.39 is 0 Å². The van der Waals surface area contributed by atoms with Crippen LogP contribution in [0.5, 0.6) is 11.5 Å². The highest BCUT2D eigenvalue weighted by atomic mass is 16.5. The van der Waals surface area contributed by atoms with Gasteiger partial charge in [-0.2, -0.15) is 10.2 Å². The van der Waals surface area contributed by atoms with Crippen LogP contribution in [0.3, 0.4) is 0 Å². The number of nitrogens with zero attached hydrogens (tertiary/aromatic N) is 8. The minimum absolute atomic E-state index is 0.290. The molecule has 4 aromatic heterocycles. The van der Waals surface area contributed by atoms with Gasteiger partial charge in [0.1, 0.15) is 12.2 Å². The third-order valence-electron chi connectivity index (χ3n) is 9.90. The summed E-state index contributed by atoms with van der Waals surface area (Å²) < 4.78 is 16.2. The minimum atomic E-state index is 0.290. The molecule has 0 saturated heterocycles. The van der Waals surface area contributed by atoms with Gasteiger partial charge in [-0.05, 0) is 71.6 Å². The Morgan fingerprint density at radius 2 is 1.07 bits per heavy atom. The largest absolute Gasteiger partial charge is 0.483 e. The molecule has 0 bridgehead atoms. The van der Waals surface area contributed by atoms with Gasteiger partial charge in [-0.1, -0.05) is 34.1 Å². The molecular formula is C34H48N8O2. The number of hydrogen-bond acceptors (Lipinski definition) is 8. The summed E-state index contributed by atoms with van der Waals surface area (Å²) >= 11 is 0. The van der Waals surface area contributed by atoms with E-state index in [1.165, 1.54) is 36.8 Å². The highest BCUT2D eigenvalue weighted by Gasteiger charge is 2.44. The van der Waals surface area contributed by atoms with Crippen molar-refractivity contribution in [3.63, 3.8) is 0 Å². The Balaban J connectivity index is 0.000000143. The van der Waals surface area contributed by atoms with Crippen LogP contribution in [0, 0.1) is 0 Å². The van der Waals surface area contributed by atoms with Crippen molar-refractivity contribution in [2.45, 2.75) is 142 Å². The summed E-state index contributed by atoms with van der Waals surface area (Å²) in [6.45, 7) is 17.7. The first-order valence-corrected chi connectivity index (χ1v) is 16.8. The van der Waals surface area contributed by atoms with Crippen LogP contribution in [0.25, 0.3) is 11.3 Å². The number of anilines is 2. The average Bonchev–Trinajstić information content (AvgIpc) is 3.58. The Labute approximate surface area is 260 Å². The maximum atomic E-state index is 6.33. The van der Waals surface area contributed by atoms with E-state index in [9.17, 15) is 0 Å². The zero-order valence-electron chi connectivity index (χ0n) is 27.6. The molecule has 4 unspecified atom stereocenters. The van der Waals surface area contributed by atoms with Crippen molar-refractivity contribution in [2.75, 3.05) is 9.80 Å². The third-order valence-corrected chi connectivity index (χ3v) is 9.90.